The van der Waals surface area contributed by atoms with Gasteiger partial charge < -0.3 is 20.0 Å². The Labute approximate surface area is 203 Å². The van der Waals surface area contributed by atoms with Gasteiger partial charge in [-0.3, -0.25) is 14.4 Å². The number of hydrogen-bond donors (Lipinski definition) is 2. The third-order valence-electron chi connectivity index (χ3n) is 5.59. The maximum absolute atomic E-state index is 13.5. The molecule has 0 saturated heterocycles. The Kier molecular flexibility index (Phi) is 6.88. The van der Waals surface area contributed by atoms with Crippen LogP contribution in [-0.4, -0.2) is 28.2 Å². The number of amides is 3. The molecule has 1 aliphatic rings. The van der Waals surface area contributed by atoms with Crippen molar-refractivity contribution in [3.8, 4) is 0 Å². The van der Waals surface area contributed by atoms with E-state index in [-0.39, 0.29) is 12.3 Å². The average Bonchev–Trinajstić information content (AvgIpc) is 3.54. The van der Waals surface area contributed by atoms with Crippen LogP contribution in [0.15, 0.2) is 58.5 Å². The number of anilines is 1. The SMILES string of the molecule is CC(C)(C)NC(=O)[C@H](c1ccco1)N(Cc1cccs1)C(=O)C(=O)Nc1ccc2c(c1)CCC2. The number of fused-ring (bicyclic) bond motifs is 1. The number of furan rings is 1. The average molecular weight is 480 g/mol. The van der Waals surface area contributed by atoms with Gasteiger partial charge in [-0.25, -0.2) is 0 Å². The van der Waals surface area contributed by atoms with E-state index in [9.17, 15) is 14.4 Å². The lowest BCUT2D eigenvalue weighted by atomic mass is 10.1. The molecule has 0 spiro atoms. The number of aryl methyl sites for hydroxylation is 2. The summed E-state index contributed by atoms with van der Waals surface area (Å²) in [5.74, 6) is -1.73. The van der Waals surface area contributed by atoms with E-state index >= 15 is 0 Å². The fraction of sp³-hybridized carbons (Fsp3) is 0.346. The van der Waals surface area contributed by atoms with Gasteiger partial charge in [0.25, 0.3) is 5.91 Å². The molecule has 0 bridgehead atoms. The summed E-state index contributed by atoms with van der Waals surface area (Å²) < 4.78 is 5.55. The highest BCUT2D eigenvalue weighted by molar-refractivity contribution is 7.09. The Bertz CT molecular complexity index is 1160. The minimum atomic E-state index is -1.10. The molecule has 1 atom stereocenters. The molecular formula is C26H29N3O4S. The van der Waals surface area contributed by atoms with Gasteiger partial charge in [0.05, 0.1) is 12.8 Å². The lowest BCUT2D eigenvalue weighted by Crippen LogP contribution is -2.50. The normalized spacial score (nSPS) is 13.7. The zero-order valence-electron chi connectivity index (χ0n) is 19.6. The summed E-state index contributed by atoms with van der Waals surface area (Å²) in [5.41, 5.74) is 2.51. The molecule has 178 valence electrons. The second-order valence-corrected chi connectivity index (χ2v) is 10.5. The van der Waals surface area contributed by atoms with E-state index in [1.807, 2.05) is 56.5 Å². The summed E-state index contributed by atoms with van der Waals surface area (Å²) in [6.45, 7) is 5.67. The summed E-state index contributed by atoms with van der Waals surface area (Å²) in [7, 11) is 0. The number of nitrogens with zero attached hydrogens (tertiary/aromatic N) is 1. The third kappa shape index (κ3) is 5.56. The predicted octanol–water partition coefficient (Wildman–Crippen LogP) is 4.45. The molecule has 0 saturated carbocycles. The molecule has 2 heterocycles. The van der Waals surface area contributed by atoms with Gasteiger partial charge in [0, 0.05) is 16.1 Å². The molecule has 3 aromatic rings. The van der Waals surface area contributed by atoms with E-state index in [1.165, 1.54) is 33.6 Å². The number of benzene rings is 1. The fourth-order valence-corrected chi connectivity index (χ4v) is 4.83. The van der Waals surface area contributed by atoms with Crippen molar-refractivity contribution >= 4 is 34.7 Å². The minimum Gasteiger partial charge on any atom is -0.467 e. The molecule has 3 amide bonds. The van der Waals surface area contributed by atoms with Gasteiger partial charge in [0.1, 0.15) is 5.76 Å². The van der Waals surface area contributed by atoms with Crippen molar-refractivity contribution in [1.82, 2.24) is 10.2 Å². The molecule has 34 heavy (non-hydrogen) atoms. The van der Waals surface area contributed by atoms with Crippen LogP contribution in [0.2, 0.25) is 0 Å². The highest BCUT2D eigenvalue weighted by atomic mass is 32.1. The molecule has 7 nitrogen and oxygen atoms in total. The summed E-state index contributed by atoms with van der Waals surface area (Å²) in [4.78, 5) is 42.1. The molecule has 1 aromatic carbocycles. The van der Waals surface area contributed by atoms with Crippen LogP contribution in [0.4, 0.5) is 5.69 Å². The molecule has 1 aliphatic carbocycles. The first-order valence-electron chi connectivity index (χ1n) is 11.3. The van der Waals surface area contributed by atoms with Crippen LogP contribution in [0.1, 0.15) is 55.0 Å². The Morgan fingerprint density at radius 1 is 1.09 bits per heavy atom. The van der Waals surface area contributed by atoms with Crippen LogP contribution in [0.3, 0.4) is 0 Å². The van der Waals surface area contributed by atoms with Gasteiger partial charge in [0.2, 0.25) is 0 Å². The van der Waals surface area contributed by atoms with Crippen molar-refractivity contribution in [3.63, 3.8) is 0 Å². The smallest absolute Gasteiger partial charge is 0.313 e. The molecular weight excluding hydrogens is 450 g/mol. The van der Waals surface area contributed by atoms with E-state index in [0.717, 1.165) is 24.1 Å². The third-order valence-corrected chi connectivity index (χ3v) is 6.45. The van der Waals surface area contributed by atoms with Gasteiger partial charge in [0.15, 0.2) is 6.04 Å². The number of thiophene rings is 1. The first-order chi connectivity index (χ1) is 16.2. The lowest BCUT2D eigenvalue weighted by Gasteiger charge is -2.31. The van der Waals surface area contributed by atoms with Crippen LogP contribution in [-0.2, 0) is 33.8 Å². The number of carbonyl (C=O) groups excluding carboxylic acids is 3. The molecule has 2 aromatic heterocycles. The van der Waals surface area contributed by atoms with Crippen molar-refractivity contribution in [2.75, 3.05) is 5.32 Å². The summed E-state index contributed by atoms with van der Waals surface area (Å²) in [6, 6.07) is 11.7. The van der Waals surface area contributed by atoms with Crippen LogP contribution >= 0.6 is 11.3 Å². The van der Waals surface area contributed by atoms with Crippen molar-refractivity contribution in [2.24, 2.45) is 0 Å². The van der Waals surface area contributed by atoms with Crippen LogP contribution in [0, 0.1) is 0 Å². The number of rotatable bonds is 6. The van der Waals surface area contributed by atoms with Crippen molar-refractivity contribution in [1.29, 1.82) is 0 Å². The standard InChI is InChI=1S/C26H29N3O4S/c1-26(2,3)28-23(30)22(21-10-5-13-33-21)29(16-20-9-6-14-34-20)25(32)24(31)27-19-12-11-17-7-4-8-18(17)15-19/h5-6,9-15,22H,4,7-8,16H2,1-3H3,(H,27,31)(H,28,30)/t22-/m0/s1. The van der Waals surface area contributed by atoms with Gasteiger partial charge in [-0.2, -0.15) is 0 Å². The highest BCUT2D eigenvalue weighted by Crippen LogP contribution is 2.28. The van der Waals surface area contributed by atoms with Gasteiger partial charge >= 0.3 is 11.8 Å². The van der Waals surface area contributed by atoms with E-state index in [2.05, 4.69) is 10.6 Å². The van der Waals surface area contributed by atoms with Gasteiger partial charge in [-0.15, -0.1) is 11.3 Å². The van der Waals surface area contributed by atoms with Crippen molar-refractivity contribution in [2.45, 2.75) is 58.2 Å². The first-order valence-corrected chi connectivity index (χ1v) is 12.2. The molecule has 0 fully saturated rings. The number of carbonyl (C=O) groups is 3. The molecule has 0 radical (unpaired) electrons. The van der Waals surface area contributed by atoms with Crippen molar-refractivity contribution in [3.05, 3.63) is 75.9 Å². The lowest BCUT2D eigenvalue weighted by molar-refractivity contribution is -0.149. The maximum Gasteiger partial charge on any atom is 0.313 e. The monoisotopic (exact) mass is 479 g/mol. The topological polar surface area (TPSA) is 91.7 Å². The molecule has 8 heteroatoms. The molecule has 0 unspecified atom stereocenters. The summed E-state index contributed by atoms with van der Waals surface area (Å²) >= 11 is 1.45. The zero-order valence-corrected chi connectivity index (χ0v) is 20.4. The predicted molar refractivity (Wildman–Crippen MR) is 131 cm³/mol. The maximum atomic E-state index is 13.5. The largest absolute Gasteiger partial charge is 0.467 e. The van der Waals surface area contributed by atoms with Crippen LogP contribution < -0.4 is 10.6 Å². The number of nitrogens with one attached hydrogen (secondary N) is 2. The Hall–Kier alpha value is -3.39. The van der Waals surface area contributed by atoms with E-state index in [1.54, 1.807) is 12.1 Å². The van der Waals surface area contributed by atoms with Gasteiger partial charge in [-0.1, -0.05) is 12.1 Å². The van der Waals surface area contributed by atoms with Crippen molar-refractivity contribution < 1.29 is 18.8 Å². The molecule has 0 aliphatic heterocycles. The summed E-state index contributed by atoms with van der Waals surface area (Å²) in [5, 5.41) is 7.54. The molecule has 2 N–H and O–H groups in total. The quantitative estimate of drug-likeness (QED) is 0.511. The molecule has 4 rings (SSSR count). The summed E-state index contributed by atoms with van der Waals surface area (Å²) in [6.07, 6.45) is 4.54. The highest BCUT2D eigenvalue weighted by Gasteiger charge is 2.38. The minimum absolute atomic E-state index is 0.0943. The first kappa shape index (κ1) is 23.8. The van der Waals surface area contributed by atoms with Crippen LogP contribution in [0.25, 0.3) is 0 Å². The Balaban J connectivity index is 1.63. The Morgan fingerprint density at radius 3 is 2.56 bits per heavy atom. The fourth-order valence-electron chi connectivity index (χ4n) is 4.12. The second kappa shape index (κ2) is 9.85. The second-order valence-electron chi connectivity index (χ2n) is 9.46. The Morgan fingerprint density at radius 2 is 1.88 bits per heavy atom. The van der Waals surface area contributed by atoms with E-state index in [4.69, 9.17) is 4.42 Å². The van der Waals surface area contributed by atoms with E-state index in [0.29, 0.717) is 5.69 Å². The van der Waals surface area contributed by atoms with E-state index < -0.39 is 29.3 Å². The van der Waals surface area contributed by atoms with Gasteiger partial charge in [-0.05, 0) is 86.9 Å². The van der Waals surface area contributed by atoms with Crippen LogP contribution in [0.5, 0.6) is 0 Å². The number of hydrogen-bond acceptors (Lipinski definition) is 5. The zero-order chi connectivity index (χ0) is 24.3.